The lowest BCUT2D eigenvalue weighted by Crippen LogP contribution is -2.11. The summed E-state index contributed by atoms with van der Waals surface area (Å²) in [5.41, 5.74) is 1.71. The predicted octanol–water partition coefficient (Wildman–Crippen LogP) is 3.85. The fourth-order valence-electron chi connectivity index (χ4n) is 1.04. The van der Waals surface area contributed by atoms with Crippen LogP contribution in [-0.2, 0) is 5.41 Å². The number of aromatic nitrogens is 2. The second-order valence-corrected chi connectivity index (χ2v) is 7.17. The number of imidazole rings is 1. The van der Waals surface area contributed by atoms with E-state index in [1.54, 1.807) is 11.8 Å². The summed E-state index contributed by atoms with van der Waals surface area (Å²) in [6.45, 7) is 13.3. The Morgan fingerprint density at radius 1 is 1.20 bits per heavy atom. The summed E-state index contributed by atoms with van der Waals surface area (Å²) in [5, 5.41) is 1.04. The van der Waals surface area contributed by atoms with Gasteiger partial charge in [-0.3, -0.25) is 0 Å². The van der Waals surface area contributed by atoms with Crippen LogP contribution in [-0.4, -0.2) is 15.7 Å². The van der Waals surface area contributed by atoms with Crippen LogP contribution in [0.3, 0.4) is 0 Å². The Morgan fingerprint density at radius 3 is 2.20 bits per heavy atom. The van der Waals surface area contributed by atoms with Crippen molar-refractivity contribution in [1.29, 1.82) is 0 Å². The maximum atomic E-state index is 4.39. The highest BCUT2D eigenvalue weighted by molar-refractivity contribution is 7.99. The van der Waals surface area contributed by atoms with Gasteiger partial charge in [-0.05, 0) is 5.41 Å². The normalized spacial score (nSPS) is 13.2. The Kier molecular flexibility index (Phi) is 3.54. The number of thioether (sulfide) groups is 1. The standard InChI is InChI=1S/C12H22N2S/c1-11(2,3)8-15-10-13-7-9(14-10)12(4,5)6/h7H,8H2,1-6H3,(H,13,14). The van der Waals surface area contributed by atoms with Gasteiger partial charge >= 0.3 is 0 Å². The molecule has 0 amide bonds. The summed E-state index contributed by atoms with van der Waals surface area (Å²) >= 11 is 1.80. The smallest absolute Gasteiger partial charge is 0.165 e. The molecule has 3 heteroatoms. The van der Waals surface area contributed by atoms with Crippen molar-refractivity contribution in [2.24, 2.45) is 5.41 Å². The van der Waals surface area contributed by atoms with Crippen molar-refractivity contribution in [3.8, 4) is 0 Å². The first-order valence-corrected chi connectivity index (χ1v) is 6.35. The molecule has 0 bridgehead atoms. The van der Waals surface area contributed by atoms with E-state index in [0.29, 0.717) is 5.41 Å². The van der Waals surface area contributed by atoms with Crippen LogP contribution in [0.15, 0.2) is 11.4 Å². The van der Waals surface area contributed by atoms with E-state index in [1.807, 2.05) is 6.20 Å². The molecule has 0 saturated carbocycles. The van der Waals surface area contributed by atoms with Gasteiger partial charge in [-0.15, -0.1) is 0 Å². The lowest BCUT2D eigenvalue weighted by atomic mass is 9.93. The maximum Gasteiger partial charge on any atom is 0.165 e. The second-order valence-electron chi connectivity index (χ2n) is 6.20. The SMILES string of the molecule is CC(C)(C)CSc1ncc(C(C)(C)C)[nH]1. The van der Waals surface area contributed by atoms with E-state index in [9.17, 15) is 0 Å². The van der Waals surface area contributed by atoms with Gasteiger partial charge in [0.05, 0.1) is 0 Å². The van der Waals surface area contributed by atoms with E-state index < -0.39 is 0 Å². The van der Waals surface area contributed by atoms with Gasteiger partial charge in [-0.2, -0.15) is 0 Å². The van der Waals surface area contributed by atoms with E-state index in [-0.39, 0.29) is 5.41 Å². The molecule has 0 atom stereocenters. The highest BCUT2D eigenvalue weighted by Crippen LogP contribution is 2.27. The van der Waals surface area contributed by atoms with Gasteiger partial charge in [0.15, 0.2) is 5.16 Å². The van der Waals surface area contributed by atoms with E-state index in [1.165, 1.54) is 5.69 Å². The molecule has 1 heterocycles. The largest absolute Gasteiger partial charge is 0.336 e. The highest BCUT2D eigenvalue weighted by Gasteiger charge is 2.17. The molecule has 0 saturated heterocycles. The molecule has 1 aromatic rings. The molecule has 0 aliphatic carbocycles. The molecule has 0 radical (unpaired) electrons. The second kappa shape index (κ2) is 4.20. The van der Waals surface area contributed by atoms with Gasteiger partial charge in [0.1, 0.15) is 0 Å². The van der Waals surface area contributed by atoms with Crippen LogP contribution in [0.2, 0.25) is 0 Å². The van der Waals surface area contributed by atoms with Crippen LogP contribution in [0.25, 0.3) is 0 Å². The Bertz CT molecular complexity index is 315. The number of hydrogen-bond acceptors (Lipinski definition) is 2. The van der Waals surface area contributed by atoms with Crippen molar-refractivity contribution in [2.75, 3.05) is 5.75 Å². The third kappa shape index (κ3) is 4.29. The zero-order valence-electron chi connectivity index (χ0n) is 10.6. The van der Waals surface area contributed by atoms with Crippen LogP contribution in [0.1, 0.15) is 47.2 Å². The Hall–Kier alpha value is -0.440. The molecule has 86 valence electrons. The van der Waals surface area contributed by atoms with Crippen molar-refractivity contribution in [2.45, 2.75) is 52.1 Å². The average Bonchev–Trinajstić information content (AvgIpc) is 2.45. The number of aromatic amines is 1. The van der Waals surface area contributed by atoms with Gasteiger partial charge in [0.25, 0.3) is 0 Å². The minimum atomic E-state index is 0.160. The summed E-state index contributed by atoms with van der Waals surface area (Å²) in [6, 6.07) is 0. The maximum absolute atomic E-state index is 4.39. The molecule has 0 aliphatic heterocycles. The third-order valence-corrected chi connectivity index (χ3v) is 3.49. The molecule has 2 nitrogen and oxygen atoms in total. The molecule has 0 spiro atoms. The number of nitrogens with zero attached hydrogens (tertiary/aromatic N) is 1. The van der Waals surface area contributed by atoms with Gasteiger partial charge in [-0.1, -0.05) is 53.3 Å². The van der Waals surface area contributed by atoms with Crippen molar-refractivity contribution < 1.29 is 0 Å². The molecule has 1 aromatic heterocycles. The lowest BCUT2D eigenvalue weighted by Gasteiger charge is -2.17. The molecule has 0 fully saturated rings. The minimum Gasteiger partial charge on any atom is -0.336 e. The summed E-state index contributed by atoms with van der Waals surface area (Å²) in [4.78, 5) is 7.77. The molecular formula is C12H22N2S. The summed E-state index contributed by atoms with van der Waals surface area (Å²) < 4.78 is 0. The highest BCUT2D eigenvalue weighted by atomic mass is 32.2. The fraction of sp³-hybridized carbons (Fsp3) is 0.750. The van der Waals surface area contributed by atoms with Crippen LogP contribution >= 0.6 is 11.8 Å². The van der Waals surface area contributed by atoms with Gasteiger partial charge < -0.3 is 4.98 Å². The van der Waals surface area contributed by atoms with Crippen LogP contribution < -0.4 is 0 Å². The molecule has 0 aromatic carbocycles. The van der Waals surface area contributed by atoms with E-state index >= 15 is 0 Å². The Labute approximate surface area is 97.3 Å². The summed E-state index contributed by atoms with van der Waals surface area (Å²) in [6.07, 6.45) is 1.95. The Balaban J connectivity index is 2.62. The van der Waals surface area contributed by atoms with Crippen LogP contribution in [0.5, 0.6) is 0 Å². The summed E-state index contributed by atoms with van der Waals surface area (Å²) in [7, 11) is 0. The van der Waals surface area contributed by atoms with Crippen molar-refractivity contribution in [1.82, 2.24) is 9.97 Å². The monoisotopic (exact) mass is 226 g/mol. The average molecular weight is 226 g/mol. The van der Waals surface area contributed by atoms with Crippen LogP contribution in [0, 0.1) is 5.41 Å². The zero-order valence-corrected chi connectivity index (χ0v) is 11.5. The third-order valence-electron chi connectivity index (χ3n) is 2.00. The predicted molar refractivity (Wildman–Crippen MR) is 67.5 cm³/mol. The minimum absolute atomic E-state index is 0.160. The van der Waals surface area contributed by atoms with E-state index in [2.05, 4.69) is 51.5 Å². The topological polar surface area (TPSA) is 28.7 Å². The molecule has 0 aliphatic rings. The molecule has 15 heavy (non-hydrogen) atoms. The Morgan fingerprint density at radius 2 is 1.80 bits per heavy atom. The lowest BCUT2D eigenvalue weighted by molar-refractivity contribution is 0.480. The molecule has 0 unspecified atom stereocenters. The number of nitrogens with one attached hydrogen (secondary N) is 1. The number of rotatable bonds is 2. The zero-order chi connectivity index (χ0) is 11.7. The molecule has 1 N–H and O–H groups in total. The molecular weight excluding hydrogens is 204 g/mol. The number of hydrogen-bond donors (Lipinski definition) is 1. The van der Waals surface area contributed by atoms with E-state index in [4.69, 9.17) is 0 Å². The summed E-state index contributed by atoms with van der Waals surface area (Å²) in [5.74, 6) is 1.09. The quantitative estimate of drug-likeness (QED) is 0.776. The first kappa shape index (κ1) is 12.6. The number of H-pyrrole nitrogens is 1. The fourth-order valence-corrected chi connectivity index (χ4v) is 1.92. The first-order chi connectivity index (χ1) is 6.68. The van der Waals surface area contributed by atoms with E-state index in [0.717, 1.165) is 10.9 Å². The van der Waals surface area contributed by atoms with Crippen molar-refractivity contribution in [3.05, 3.63) is 11.9 Å². The van der Waals surface area contributed by atoms with Gasteiger partial charge in [0, 0.05) is 23.1 Å². The van der Waals surface area contributed by atoms with Crippen LogP contribution in [0.4, 0.5) is 0 Å². The first-order valence-electron chi connectivity index (χ1n) is 5.37. The van der Waals surface area contributed by atoms with Crippen molar-refractivity contribution >= 4 is 11.8 Å². The van der Waals surface area contributed by atoms with Gasteiger partial charge in [0.2, 0.25) is 0 Å². The van der Waals surface area contributed by atoms with Gasteiger partial charge in [-0.25, -0.2) is 4.98 Å². The van der Waals surface area contributed by atoms with Crippen molar-refractivity contribution in [3.63, 3.8) is 0 Å². The molecule has 1 rings (SSSR count).